The molecule has 152 valence electrons. The molecule has 0 saturated carbocycles. The van der Waals surface area contributed by atoms with Crippen LogP contribution in [0.1, 0.15) is 10.8 Å². The fourth-order valence-corrected chi connectivity index (χ4v) is 3.79. The molecule has 1 atom stereocenters. The molecule has 7 nitrogen and oxygen atoms in total. The number of hydrogen-bond acceptors (Lipinski definition) is 5. The van der Waals surface area contributed by atoms with Crippen LogP contribution in [0, 0.1) is 10.1 Å². The van der Waals surface area contributed by atoms with Gasteiger partial charge in [0.2, 0.25) is 0 Å². The van der Waals surface area contributed by atoms with E-state index >= 15 is 0 Å². The molecule has 0 heterocycles. The molecule has 0 aliphatic rings. The Balaban J connectivity index is 1.64. The third-order valence-corrected chi connectivity index (χ3v) is 5.42. The number of carbonyl (C=O) groups excluding carboxylic acids is 1. The molecule has 0 bridgehead atoms. The molecule has 3 N–H and O–H groups in total. The molecule has 0 spiro atoms. The molecule has 0 aliphatic carbocycles. The number of thiocarbonyl (C=S) groups is 1. The highest BCUT2D eigenvalue weighted by molar-refractivity contribution is 8.00. The monoisotopic (exact) mass is 438 g/mol. The van der Waals surface area contributed by atoms with Crippen molar-refractivity contribution in [1.29, 1.82) is 0 Å². The molecule has 0 aromatic heterocycles. The normalized spacial score (nSPS) is 11.2. The van der Waals surface area contributed by atoms with Crippen molar-refractivity contribution < 1.29 is 9.72 Å². The summed E-state index contributed by atoms with van der Waals surface area (Å²) < 4.78 is 0. The lowest BCUT2D eigenvalue weighted by Crippen LogP contribution is -2.45. The van der Waals surface area contributed by atoms with E-state index in [1.54, 1.807) is 12.1 Å². The van der Waals surface area contributed by atoms with Crippen LogP contribution >= 0.6 is 24.0 Å². The summed E-state index contributed by atoms with van der Waals surface area (Å²) in [5.41, 5.74) is 6.49. The second kappa shape index (κ2) is 10.4. The number of carbonyl (C=O) groups is 1. The van der Waals surface area contributed by atoms with Crippen LogP contribution < -0.4 is 16.2 Å². The minimum atomic E-state index is -0.498. The van der Waals surface area contributed by atoms with Crippen molar-refractivity contribution in [1.82, 2.24) is 10.9 Å². The summed E-state index contributed by atoms with van der Waals surface area (Å²) in [4.78, 5) is 24.2. The van der Waals surface area contributed by atoms with E-state index in [0.29, 0.717) is 5.69 Å². The Morgan fingerprint density at radius 2 is 1.60 bits per heavy atom. The fourth-order valence-electron chi connectivity index (χ4n) is 2.58. The van der Waals surface area contributed by atoms with E-state index in [-0.39, 0.29) is 16.7 Å². The minimum Gasteiger partial charge on any atom is -0.331 e. The fraction of sp³-hybridized carbons (Fsp3) is 0.0476. The van der Waals surface area contributed by atoms with Crippen molar-refractivity contribution in [3.63, 3.8) is 0 Å². The van der Waals surface area contributed by atoms with Gasteiger partial charge in [-0.2, -0.15) is 0 Å². The highest BCUT2D eigenvalue weighted by Crippen LogP contribution is 2.35. The Labute approximate surface area is 183 Å². The van der Waals surface area contributed by atoms with Crippen LogP contribution in [0.2, 0.25) is 0 Å². The summed E-state index contributed by atoms with van der Waals surface area (Å²) in [6, 6.07) is 25.0. The van der Waals surface area contributed by atoms with Crippen molar-refractivity contribution in [3.8, 4) is 0 Å². The molecule has 9 heteroatoms. The maximum atomic E-state index is 12.9. The Morgan fingerprint density at radius 3 is 2.27 bits per heavy atom. The topological polar surface area (TPSA) is 96.3 Å². The standard InChI is InChI=1S/C21H18N4O3S2/c26-20(23-24-21(29)22-16-10-7-11-17(14-16)25(27)28)19(15-8-3-1-4-9-15)30-18-12-5-2-6-13-18/h1-14,19H,(H,23,26)(H2,22,24,29)/t19-/m0/s1. The molecular formula is C21H18N4O3S2. The maximum Gasteiger partial charge on any atom is 0.271 e. The summed E-state index contributed by atoms with van der Waals surface area (Å²) in [6.07, 6.45) is 0. The van der Waals surface area contributed by atoms with E-state index in [1.807, 2.05) is 60.7 Å². The van der Waals surface area contributed by atoms with Gasteiger partial charge >= 0.3 is 0 Å². The zero-order valence-corrected chi connectivity index (χ0v) is 17.3. The molecule has 30 heavy (non-hydrogen) atoms. The third-order valence-electron chi connectivity index (χ3n) is 3.95. The van der Waals surface area contributed by atoms with E-state index in [4.69, 9.17) is 12.2 Å². The van der Waals surface area contributed by atoms with E-state index < -0.39 is 10.2 Å². The smallest absolute Gasteiger partial charge is 0.271 e. The van der Waals surface area contributed by atoms with Gasteiger partial charge in [0.05, 0.1) is 4.92 Å². The molecule has 0 saturated heterocycles. The van der Waals surface area contributed by atoms with Crippen molar-refractivity contribution in [2.75, 3.05) is 5.32 Å². The molecule has 1 amide bonds. The van der Waals surface area contributed by atoms with Crippen LogP contribution in [-0.2, 0) is 4.79 Å². The molecular weight excluding hydrogens is 420 g/mol. The van der Waals surface area contributed by atoms with Gasteiger partial charge < -0.3 is 5.32 Å². The average molecular weight is 439 g/mol. The van der Waals surface area contributed by atoms with Gasteiger partial charge in [-0.25, -0.2) is 0 Å². The van der Waals surface area contributed by atoms with E-state index in [2.05, 4.69) is 16.2 Å². The maximum absolute atomic E-state index is 12.9. The first-order valence-corrected chi connectivity index (χ1v) is 10.2. The predicted octanol–water partition coefficient (Wildman–Crippen LogP) is 4.45. The zero-order valence-electron chi connectivity index (χ0n) is 15.6. The van der Waals surface area contributed by atoms with Crippen LogP contribution in [0.25, 0.3) is 0 Å². The van der Waals surface area contributed by atoms with Crippen molar-refractivity contribution in [2.24, 2.45) is 0 Å². The molecule has 3 aromatic carbocycles. The number of nitro groups is 1. The van der Waals surface area contributed by atoms with Gasteiger partial charge in [0, 0.05) is 22.7 Å². The van der Waals surface area contributed by atoms with Gasteiger partial charge in [0.1, 0.15) is 5.25 Å². The largest absolute Gasteiger partial charge is 0.331 e. The number of thioether (sulfide) groups is 1. The number of nitrogens with zero attached hydrogens (tertiary/aromatic N) is 1. The summed E-state index contributed by atoms with van der Waals surface area (Å²) in [7, 11) is 0. The second-order valence-electron chi connectivity index (χ2n) is 6.10. The van der Waals surface area contributed by atoms with E-state index in [9.17, 15) is 14.9 Å². The van der Waals surface area contributed by atoms with E-state index in [1.165, 1.54) is 23.9 Å². The number of benzene rings is 3. The summed E-state index contributed by atoms with van der Waals surface area (Å²) in [6.45, 7) is 0. The average Bonchev–Trinajstić information content (AvgIpc) is 2.77. The number of amides is 1. The van der Waals surface area contributed by atoms with Crippen LogP contribution in [0.15, 0.2) is 89.8 Å². The molecule has 0 aliphatic heterocycles. The minimum absolute atomic E-state index is 0.0600. The van der Waals surface area contributed by atoms with Crippen LogP contribution in [-0.4, -0.2) is 15.9 Å². The van der Waals surface area contributed by atoms with Gasteiger partial charge in [0.25, 0.3) is 11.6 Å². The molecule has 0 fully saturated rings. The number of hydrogen-bond donors (Lipinski definition) is 3. The molecule has 3 rings (SSSR count). The first-order valence-electron chi connectivity index (χ1n) is 8.91. The van der Waals surface area contributed by atoms with E-state index in [0.717, 1.165) is 10.5 Å². The quantitative estimate of drug-likeness (QED) is 0.226. The van der Waals surface area contributed by atoms with Gasteiger partial charge in [-0.1, -0.05) is 54.6 Å². The van der Waals surface area contributed by atoms with Crippen molar-refractivity contribution >= 4 is 46.4 Å². The van der Waals surface area contributed by atoms with Gasteiger partial charge in [-0.3, -0.25) is 25.8 Å². The van der Waals surface area contributed by atoms with Crippen LogP contribution in [0.5, 0.6) is 0 Å². The third kappa shape index (κ3) is 6.03. The van der Waals surface area contributed by atoms with Gasteiger partial charge in [-0.05, 0) is 36.0 Å². The Bertz CT molecular complexity index is 1030. The lowest BCUT2D eigenvalue weighted by atomic mass is 10.1. The molecule has 0 unspecified atom stereocenters. The second-order valence-corrected chi connectivity index (χ2v) is 7.68. The first kappa shape index (κ1) is 21.3. The number of non-ortho nitro benzene ring substituents is 1. The molecule has 3 aromatic rings. The SMILES string of the molecule is O=C(NNC(=S)Nc1cccc([N+](=O)[O-])c1)[C@@H](Sc1ccccc1)c1ccccc1. The molecule has 0 radical (unpaired) electrons. The Hall–Kier alpha value is -3.43. The Morgan fingerprint density at radius 1 is 0.933 bits per heavy atom. The number of anilines is 1. The number of nitrogens with one attached hydrogen (secondary N) is 3. The number of nitro benzene ring substituents is 1. The highest BCUT2D eigenvalue weighted by atomic mass is 32.2. The van der Waals surface area contributed by atoms with Crippen LogP contribution in [0.3, 0.4) is 0 Å². The number of rotatable bonds is 6. The first-order chi connectivity index (χ1) is 14.5. The Kier molecular flexibility index (Phi) is 7.36. The van der Waals surface area contributed by atoms with Gasteiger partial charge in [-0.15, -0.1) is 11.8 Å². The predicted molar refractivity (Wildman–Crippen MR) is 122 cm³/mol. The number of hydrazine groups is 1. The van der Waals surface area contributed by atoms with Crippen LogP contribution in [0.4, 0.5) is 11.4 Å². The highest BCUT2D eigenvalue weighted by Gasteiger charge is 2.22. The lowest BCUT2D eigenvalue weighted by Gasteiger charge is -2.18. The summed E-state index contributed by atoms with van der Waals surface area (Å²) in [5.74, 6) is -0.279. The summed E-state index contributed by atoms with van der Waals surface area (Å²) in [5, 5.41) is 13.3. The van der Waals surface area contributed by atoms with Crippen molar-refractivity contribution in [2.45, 2.75) is 10.1 Å². The van der Waals surface area contributed by atoms with Gasteiger partial charge in [0.15, 0.2) is 5.11 Å². The lowest BCUT2D eigenvalue weighted by molar-refractivity contribution is -0.384. The summed E-state index contributed by atoms with van der Waals surface area (Å²) >= 11 is 6.60. The van der Waals surface area contributed by atoms with Crippen molar-refractivity contribution in [3.05, 3.63) is 101 Å². The zero-order chi connectivity index (χ0) is 21.3.